The molecule has 4 aliphatic rings. The van der Waals surface area contributed by atoms with E-state index in [0.29, 0.717) is 50.3 Å². The number of carbonyl (C=O) groups excluding carboxylic acids is 1. The summed E-state index contributed by atoms with van der Waals surface area (Å²) in [5.41, 5.74) is 1.37. The van der Waals surface area contributed by atoms with Crippen molar-refractivity contribution in [1.29, 1.82) is 0 Å². The highest BCUT2D eigenvalue weighted by Crippen LogP contribution is 2.67. The lowest BCUT2D eigenvalue weighted by Gasteiger charge is -2.65. The van der Waals surface area contributed by atoms with Crippen molar-refractivity contribution < 1.29 is 27.4 Å². The van der Waals surface area contributed by atoms with E-state index < -0.39 is 33.2 Å². The van der Waals surface area contributed by atoms with E-state index in [-0.39, 0.29) is 23.7 Å². The predicted octanol–water partition coefficient (Wildman–Crippen LogP) is 4.46. The first kappa shape index (κ1) is 29.2. The number of methoxy groups -OCH3 is 1. The zero-order valence-electron chi connectivity index (χ0n) is 25.0. The maximum atomic E-state index is 14.3. The van der Waals surface area contributed by atoms with Gasteiger partial charge in [-0.25, -0.2) is 8.42 Å². The Hall–Kier alpha value is -2.88. The van der Waals surface area contributed by atoms with E-state index in [0.717, 1.165) is 23.2 Å². The van der Waals surface area contributed by atoms with Crippen LogP contribution in [0, 0.1) is 5.92 Å². The molecule has 9 heteroatoms. The summed E-state index contributed by atoms with van der Waals surface area (Å²) in [4.78, 5) is 15.3. The van der Waals surface area contributed by atoms with Gasteiger partial charge in [-0.1, -0.05) is 56.3 Å². The summed E-state index contributed by atoms with van der Waals surface area (Å²) in [7, 11) is -2.09. The second-order valence-electron chi connectivity index (χ2n) is 12.7. The average Bonchev–Trinajstić information content (AvgIpc) is 3.29. The number of likely N-dealkylation sites (tertiary alicyclic amines) is 1. The van der Waals surface area contributed by atoms with Gasteiger partial charge in [-0.3, -0.25) is 9.69 Å². The first-order chi connectivity index (χ1) is 20.1. The van der Waals surface area contributed by atoms with E-state index in [9.17, 15) is 13.2 Å². The number of carbonyl (C=O) groups is 1. The van der Waals surface area contributed by atoms with Crippen LogP contribution >= 0.6 is 0 Å². The van der Waals surface area contributed by atoms with Crippen LogP contribution in [0.4, 0.5) is 0 Å². The molecule has 1 saturated carbocycles. The summed E-state index contributed by atoms with van der Waals surface area (Å²) >= 11 is 0. The van der Waals surface area contributed by atoms with E-state index in [4.69, 9.17) is 14.2 Å². The van der Waals surface area contributed by atoms with Gasteiger partial charge in [-0.05, 0) is 48.8 Å². The number of hydrogen-bond acceptors (Lipinski definition) is 7. The van der Waals surface area contributed by atoms with Crippen LogP contribution in [0.1, 0.15) is 56.7 Å². The number of esters is 1. The Kier molecular flexibility index (Phi) is 7.43. The van der Waals surface area contributed by atoms with Crippen LogP contribution in [0.3, 0.4) is 0 Å². The molecule has 0 unspecified atom stereocenters. The number of hydrogen-bond donors (Lipinski definition) is 0. The normalized spacial score (nSPS) is 29.6. The summed E-state index contributed by atoms with van der Waals surface area (Å²) < 4.78 is 49.6. The SMILES string of the molecule is C=CCN1CC[C@]23c4c5ccc(OC)c4O[C@H]2[C@H](N(CC(C)C)S(=O)(=O)Cc2ccccc2)CC[C@@]3(OC(C)=O)[C@H]1C5. The van der Waals surface area contributed by atoms with Crippen LogP contribution in [-0.2, 0) is 37.1 Å². The van der Waals surface area contributed by atoms with Crippen molar-refractivity contribution in [2.24, 2.45) is 5.92 Å². The zero-order chi connectivity index (χ0) is 29.9. The molecular formula is C33H42N2O6S. The quantitative estimate of drug-likeness (QED) is 0.297. The minimum Gasteiger partial charge on any atom is -0.493 e. The lowest BCUT2D eigenvalue weighted by atomic mass is 9.48. The first-order valence-corrected chi connectivity index (χ1v) is 16.6. The third-order valence-electron chi connectivity index (χ3n) is 9.86. The molecule has 2 heterocycles. The first-order valence-electron chi connectivity index (χ1n) is 15.0. The number of sulfonamides is 1. The fourth-order valence-electron chi connectivity index (χ4n) is 8.55. The lowest BCUT2D eigenvalue weighted by Crippen LogP contribution is -2.79. The van der Waals surface area contributed by atoms with Gasteiger partial charge < -0.3 is 14.2 Å². The number of rotatable bonds is 10. The van der Waals surface area contributed by atoms with E-state index in [1.54, 1.807) is 11.4 Å². The van der Waals surface area contributed by atoms with Crippen molar-refractivity contribution in [3.63, 3.8) is 0 Å². The Morgan fingerprint density at radius 2 is 1.98 bits per heavy atom. The van der Waals surface area contributed by atoms with Crippen molar-refractivity contribution in [3.8, 4) is 11.5 Å². The Morgan fingerprint density at radius 3 is 2.64 bits per heavy atom. The average molecular weight is 595 g/mol. The van der Waals surface area contributed by atoms with Crippen molar-refractivity contribution in [1.82, 2.24) is 9.21 Å². The molecule has 226 valence electrons. The topological polar surface area (TPSA) is 85.4 Å². The van der Waals surface area contributed by atoms with Crippen molar-refractivity contribution in [3.05, 3.63) is 71.8 Å². The molecule has 2 fully saturated rings. The number of ether oxygens (including phenoxy) is 3. The maximum absolute atomic E-state index is 14.3. The highest BCUT2D eigenvalue weighted by atomic mass is 32.2. The molecule has 0 radical (unpaired) electrons. The monoisotopic (exact) mass is 594 g/mol. The summed E-state index contributed by atoms with van der Waals surface area (Å²) in [6.07, 6.45) is 3.81. The maximum Gasteiger partial charge on any atom is 0.303 e. The molecule has 1 spiro atoms. The van der Waals surface area contributed by atoms with Crippen molar-refractivity contribution in [2.45, 2.75) is 81.4 Å². The van der Waals surface area contributed by atoms with E-state index in [1.165, 1.54) is 6.92 Å². The Balaban J connectivity index is 1.53. The Bertz CT molecular complexity index is 1480. The number of nitrogens with zero attached hydrogens (tertiary/aromatic N) is 2. The second-order valence-corrected chi connectivity index (χ2v) is 14.6. The van der Waals surface area contributed by atoms with Crippen LogP contribution in [0.15, 0.2) is 55.1 Å². The minimum atomic E-state index is -3.72. The number of piperidine rings is 1. The van der Waals surface area contributed by atoms with Crippen molar-refractivity contribution >= 4 is 16.0 Å². The minimum absolute atomic E-state index is 0.0773. The molecule has 0 aromatic heterocycles. The van der Waals surface area contributed by atoms with Crippen LogP contribution in [0.2, 0.25) is 0 Å². The van der Waals surface area contributed by atoms with Gasteiger partial charge in [0.2, 0.25) is 10.0 Å². The molecular weight excluding hydrogens is 552 g/mol. The van der Waals surface area contributed by atoms with Gasteiger partial charge in [-0.2, -0.15) is 4.31 Å². The van der Waals surface area contributed by atoms with Gasteiger partial charge in [0.05, 0.1) is 30.4 Å². The molecule has 2 aliphatic heterocycles. The molecule has 8 nitrogen and oxygen atoms in total. The van der Waals surface area contributed by atoms with Crippen molar-refractivity contribution in [2.75, 3.05) is 26.7 Å². The fraction of sp³-hybridized carbons (Fsp3) is 0.545. The molecule has 1 saturated heterocycles. The molecule has 42 heavy (non-hydrogen) atoms. The van der Waals surface area contributed by atoms with Gasteiger partial charge in [0.25, 0.3) is 0 Å². The fourth-order valence-corrected chi connectivity index (χ4v) is 10.5. The van der Waals surface area contributed by atoms with Crippen LogP contribution in [0.5, 0.6) is 11.5 Å². The van der Waals surface area contributed by atoms with Crippen LogP contribution in [-0.4, -0.2) is 74.1 Å². The van der Waals surface area contributed by atoms with E-state index in [2.05, 4.69) is 17.5 Å². The molecule has 6 rings (SSSR count). The molecule has 2 aliphatic carbocycles. The third-order valence-corrected chi connectivity index (χ3v) is 11.7. The van der Waals surface area contributed by atoms with Gasteiger partial charge in [-0.15, -0.1) is 6.58 Å². The largest absolute Gasteiger partial charge is 0.493 e. The summed E-state index contributed by atoms with van der Waals surface area (Å²) in [5, 5.41) is 0. The lowest BCUT2D eigenvalue weighted by molar-refractivity contribution is -0.220. The standard InChI is InChI=1S/C33H42N2O6S/c1-6-17-34-18-16-32-29-25-12-13-27(39-5)30(29)40-31(32)26(14-15-33(32,28(34)19-25)41-23(4)36)35(20-22(2)3)42(37,38)21-24-10-8-7-9-11-24/h6-13,22,26,28,31H,1,14-21H2,2-5H3/t26-,28-,31+,32+,33-/m1/s1. The molecule has 2 bridgehead atoms. The van der Waals surface area contributed by atoms with Gasteiger partial charge in [0.15, 0.2) is 11.5 Å². The van der Waals surface area contributed by atoms with E-state index in [1.807, 2.05) is 56.3 Å². The molecule has 0 N–H and O–H groups in total. The van der Waals surface area contributed by atoms with E-state index >= 15 is 0 Å². The molecule has 5 atom stereocenters. The Labute approximate surface area is 249 Å². The van der Waals surface area contributed by atoms with Crippen LogP contribution in [0.25, 0.3) is 0 Å². The van der Waals surface area contributed by atoms with Gasteiger partial charge in [0.1, 0.15) is 11.7 Å². The highest BCUT2D eigenvalue weighted by Gasteiger charge is 2.76. The molecule has 2 aromatic carbocycles. The smallest absolute Gasteiger partial charge is 0.303 e. The number of benzene rings is 2. The Morgan fingerprint density at radius 1 is 1.21 bits per heavy atom. The third kappa shape index (κ3) is 4.30. The molecule has 2 aromatic rings. The second kappa shape index (κ2) is 10.7. The zero-order valence-corrected chi connectivity index (χ0v) is 25.9. The van der Waals surface area contributed by atoms with Gasteiger partial charge in [0, 0.05) is 32.1 Å². The van der Waals surface area contributed by atoms with Crippen LogP contribution < -0.4 is 9.47 Å². The summed E-state index contributed by atoms with van der Waals surface area (Å²) in [5.74, 6) is 0.998. The predicted molar refractivity (Wildman–Crippen MR) is 161 cm³/mol. The summed E-state index contributed by atoms with van der Waals surface area (Å²) in [6.45, 7) is 11.4. The van der Waals surface area contributed by atoms with Gasteiger partial charge >= 0.3 is 5.97 Å². The molecule has 0 amide bonds. The highest BCUT2D eigenvalue weighted by molar-refractivity contribution is 7.88. The summed E-state index contributed by atoms with van der Waals surface area (Å²) in [6, 6.07) is 12.9.